The number of amides is 10. The quantitative estimate of drug-likeness (QED) is 0.0251. The van der Waals surface area contributed by atoms with Crippen LogP contribution in [-0.4, -0.2) is 253 Å². The van der Waals surface area contributed by atoms with Crippen molar-refractivity contribution < 1.29 is 127 Å². The van der Waals surface area contributed by atoms with Crippen LogP contribution in [0.15, 0.2) is 29.3 Å². The lowest BCUT2D eigenvalue weighted by molar-refractivity contribution is -0.139. The van der Waals surface area contributed by atoms with Crippen LogP contribution in [0.1, 0.15) is 320 Å². The normalized spacial score (nSPS) is 15.6. The zero-order valence-electron chi connectivity index (χ0n) is 86.2. The molecule has 41 nitrogen and oxygen atoms in total. The lowest BCUT2D eigenvalue weighted by Gasteiger charge is -2.28. The van der Waals surface area contributed by atoms with Crippen LogP contribution in [0.3, 0.4) is 0 Å². The summed E-state index contributed by atoms with van der Waals surface area (Å²) in [4.78, 5) is 255. The fraction of sp³-hybridized carbons (Fsp3) is 0.743. The van der Waals surface area contributed by atoms with Gasteiger partial charge in [0.1, 0.15) is 23.9 Å². The van der Waals surface area contributed by atoms with E-state index in [9.17, 15) is 122 Å². The number of benzene rings is 1. The highest BCUT2D eigenvalue weighted by Crippen LogP contribution is 2.28. The number of carboxylic acids is 1. The van der Waals surface area contributed by atoms with Gasteiger partial charge < -0.3 is 113 Å². The first-order chi connectivity index (χ1) is 66.8. The van der Waals surface area contributed by atoms with E-state index in [1.807, 2.05) is 0 Å². The Morgan fingerprint density at radius 2 is 0.810 bits per heavy atom. The molecule has 0 aliphatic heterocycles. The van der Waals surface area contributed by atoms with Crippen LogP contribution in [0.5, 0.6) is 5.75 Å². The van der Waals surface area contributed by atoms with Gasteiger partial charge in [-0.05, 0) is 154 Å². The number of aliphatic imine (C=N–C) groups is 1. The van der Waals surface area contributed by atoms with Crippen LogP contribution >= 0.6 is 0 Å². The predicted molar refractivity (Wildman–Crippen MR) is 535 cm³/mol. The molecule has 0 unspecified atom stereocenters. The number of carboxylic acid groups (broad SMARTS) is 1. The Morgan fingerprint density at radius 1 is 0.380 bits per heavy atom. The summed E-state index contributed by atoms with van der Waals surface area (Å²) < 4.78 is 0. The minimum absolute atomic E-state index is 0.0317. The molecule has 41 heteroatoms. The second-order valence-corrected chi connectivity index (χ2v) is 38.6. The van der Waals surface area contributed by atoms with Crippen molar-refractivity contribution in [3.05, 3.63) is 29.8 Å². The van der Waals surface area contributed by atoms with E-state index in [-0.39, 0.29) is 120 Å². The molecule has 10 amide bonds. The van der Waals surface area contributed by atoms with Crippen LogP contribution < -0.4 is 76.9 Å². The van der Waals surface area contributed by atoms with Gasteiger partial charge in [0.05, 0.1) is 73.6 Å². The molecule has 0 saturated heterocycles. The second kappa shape index (κ2) is 73.6. The van der Waals surface area contributed by atoms with Crippen molar-refractivity contribution >= 4 is 117 Å². The molecule has 0 aliphatic carbocycles. The molecule has 0 heterocycles. The van der Waals surface area contributed by atoms with Gasteiger partial charge >= 0.3 is 5.97 Å². The number of Topliss-reactive ketones (excluding diaryl/α,β-unsaturated/α-hetero) is 8. The summed E-state index contributed by atoms with van der Waals surface area (Å²) in [5.74, 6) is -22.3. The number of primary amides is 2. The summed E-state index contributed by atoms with van der Waals surface area (Å²) in [6.07, 6.45) is 10.1. The van der Waals surface area contributed by atoms with Crippen molar-refractivity contribution in [2.24, 2.45) is 98.6 Å². The summed E-state index contributed by atoms with van der Waals surface area (Å²) in [6.45, 7) is 19.3. The van der Waals surface area contributed by atoms with E-state index < -0.39 is 271 Å². The van der Waals surface area contributed by atoms with Crippen LogP contribution in [-0.2, 0) is 97.5 Å². The lowest BCUT2D eigenvalue weighted by Crippen LogP contribution is -2.53. The number of carbonyl (C=O) groups is 19. The monoisotopic (exact) mass is 2010 g/mol. The average molecular weight is 2010 g/mol. The molecule has 0 saturated carbocycles. The third-order valence-corrected chi connectivity index (χ3v) is 25.6. The molecule has 0 aliphatic rings. The molecule has 1 aromatic rings. The van der Waals surface area contributed by atoms with E-state index in [0.29, 0.717) is 50.6 Å². The number of unbranched alkanes of at least 4 members (excludes halogenated alkanes) is 14. The zero-order valence-corrected chi connectivity index (χ0v) is 86.2. The van der Waals surface area contributed by atoms with Crippen molar-refractivity contribution in [2.45, 2.75) is 388 Å². The highest BCUT2D eigenvalue weighted by atomic mass is 16.4. The fourth-order valence-corrected chi connectivity index (χ4v) is 16.1. The van der Waals surface area contributed by atoms with Gasteiger partial charge in [-0.15, -0.1) is 0 Å². The number of rotatable bonds is 81. The van der Waals surface area contributed by atoms with Crippen molar-refractivity contribution in [3.63, 3.8) is 0 Å². The van der Waals surface area contributed by atoms with Gasteiger partial charge in [-0.1, -0.05) is 150 Å². The van der Waals surface area contributed by atoms with Crippen LogP contribution in [0.4, 0.5) is 0 Å². The third-order valence-electron chi connectivity index (χ3n) is 25.6. The highest BCUT2D eigenvalue weighted by molar-refractivity contribution is 6.01. The summed E-state index contributed by atoms with van der Waals surface area (Å²) in [7, 11) is 0. The van der Waals surface area contributed by atoms with Gasteiger partial charge in [-0.25, -0.2) is 0 Å². The molecular formula is C101H173N15O26. The number of nitrogens with one attached hydrogen (secondary N) is 8. The molecule has 20 atom stereocenters. The highest BCUT2D eigenvalue weighted by Gasteiger charge is 2.41. The first kappa shape index (κ1) is 132. The molecular weight excluding hydrogens is 1840 g/mol. The Bertz CT molecular complexity index is 4130. The van der Waals surface area contributed by atoms with Crippen molar-refractivity contribution in [1.29, 1.82) is 0 Å². The van der Waals surface area contributed by atoms with Crippen molar-refractivity contribution in [3.8, 4) is 5.75 Å². The number of ketones is 8. The first-order valence-corrected chi connectivity index (χ1v) is 50.7. The Morgan fingerprint density at radius 3 is 1.29 bits per heavy atom. The summed E-state index contributed by atoms with van der Waals surface area (Å²) >= 11 is 0. The number of aliphatic hydroxyl groups excluding tert-OH is 5. The van der Waals surface area contributed by atoms with Crippen molar-refractivity contribution in [2.75, 3.05) is 32.8 Å². The number of aliphatic hydroxyl groups is 5. The van der Waals surface area contributed by atoms with Gasteiger partial charge in [-0.2, -0.15) is 0 Å². The van der Waals surface area contributed by atoms with Gasteiger partial charge in [-0.3, -0.25) is 96.1 Å². The van der Waals surface area contributed by atoms with Crippen molar-refractivity contribution in [1.82, 2.24) is 42.5 Å². The molecule has 1 rings (SSSR count). The number of phenolic OH excluding ortho intramolecular Hbond substituents is 1. The molecule has 808 valence electrons. The van der Waals surface area contributed by atoms with Crippen LogP contribution in [0, 0.1) is 59.2 Å². The van der Waals surface area contributed by atoms with Gasteiger partial charge in [0, 0.05) is 114 Å². The number of aromatic hydroxyl groups is 1. The molecule has 0 aromatic heterocycles. The molecule has 0 radical (unpaired) electrons. The maximum atomic E-state index is 14.7. The fourth-order valence-electron chi connectivity index (χ4n) is 16.1. The van der Waals surface area contributed by atoms with Crippen LogP contribution in [0.25, 0.3) is 0 Å². The van der Waals surface area contributed by atoms with Gasteiger partial charge in [0.15, 0.2) is 52.2 Å². The molecule has 0 spiro atoms. The number of phenols is 1. The number of aliphatic carboxylic acids is 1. The maximum absolute atomic E-state index is 14.7. The summed E-state index contributed by atoms with van der Waals surface area (Å²) in [5, 5.41) is 90.3. The van der Waals surface area contributed by atoms with Gasteiger partial charge in [0.25, 0.3) is 0 Å². The maximum Gasteiger partial charge on any atom is 0.303 e. The number of nitrogens with zero attached hydrogens (tertiary/aromatic N) is 1. The number of nitrogens with two attached hydrogens (primary N) is 6. The van der Waals surface area contributed by atoms with E-state index in [0.717, 1.165) is 19.3 Å². The summed E-state index contributed by atoms with van der Waals surface area (Å²) in [5.41, 5.74) is 34.1. The smallest absolute Gasteiger partial charge is 0.303 e. The number of hydrogen-bond acceptors (Lipinski definition) is 28. The SMILES string of the molecule is CCCCCCCCCCCCCCCC(=O)N[C@@H](C)C(=O)C[C@@H](CO)C(=O)N[C@H](C(=O)C[C@H](C(=O)N[C@@H](CO)C(=O)C[C@H](C)CCC(=O)O)[C@@H](C)O)[C@@H](C)O.CC[C@H](C)[C@H](CC(=O)[C@@H](NC(C)=O)[C@H](C)O)C(=O)N[C@@H](CCC(N)=O)C(=O)C[C@@H](Cc1ccc(O)cc1)C(=O)N[C@@H](CCCN=C(N)N)C(=O)C[C@@H](CCCCN)C(=O)N[C@@H](C)C(=O)C[C@H](C(=O)N[C@@H](CCCCN)C(=O)C[C@@H](C)C(N)=O)C(C)C. The van der Waals surface area contributed by atoms with E-state index in [1.54, 1.807) is 34.6 Å². The molecule has 142 heavy (non-hydrogen) atoms. The molecule has 27 N–H and O–H groups in total. The minimum atomic E-state index is -1.59. The second-order valence-electron chi connectivity index (χ2n) is 38.6. The van der Waals surface area contributed by atoms with Crippen LogP contribution in [0.2, 0.25) is 0 Å². The van der Waals surface area contributed by atoms with Gasteiger partial charge in [0.2, 0.25) is 59.1 Å². The Hall–Kier alpha value is -10.5. The standard InChI is InChI=1S/C60H100N12O14.C41H73N3O12/c1-9-34(4)44(32-52(80)54(37(7)73)69-38(8)74)59(86)72-47(22-23-53(63)81)51(79)30-41(28-39-18-20-42(75)21-19-39)57(84)70-46(17-14-26-67-60(65)66)50(78)29-40(15-10-12-24-61)56(83)68-36(6)48(76)31-43(33(2)3)58(85)71-45(16-11-13-25-62)49(77)27-35(5)55(64)82;1-6-7-8-9-10-11-12-13-14-15-16-17-18-19-37(52)42-28(3)34(49)23-31(25-45)40(55)44-39(30(5)48)36(51)24-32(29(4)47)41(56)43-33(26-46)35(50)22-27(2)20-21-38(53)54/h18-21,33-37,40-41,43-47,54,73,75H,9-17,22-32,61-62H2,1-8H3,(H2,63,81)(H2,64,82)(H,68,83)(H,69,74)(H,70,84)(H,71,85)(H,72,86)(H4,65,66,67);27-33,39,45-48H,6-26H2,1-5H3,(H,42,52)(H,43,56)(H,44,55)(H,53,54)/t34-,35+,36-,37-,40+,41+,43-,44-,45-,46-,47-,54-;27-,28+,29-,30-,31+,32+,33+,39+/m01/s1. The Labute approximate surface area is 837 Å². The summed E-state index contributed by atoms with van der Waals surface area (Å²) in [6, 6.07) is -4.32. The number of guanidine groups is 1. The first-order valence-electron chi connectivity index (χ1n) is 50.7. The topological polar surface area (TPSA) is 731 Å². The van der Waals surface area contributed by atoms with E-state index in [4.69, 9.17) is 39.5 Å². The van der Waals surface area contributed by atoms with E-state index in [2.05, 4.69) is 54.5 Å². The minimum Gasteiger partial charge on any atom is -0.508 e. The largest absolute Gasteiger partial charge is 0.508 e. The Kier molecular flexibility index (Phi) is 68.2. The molecule has 0 fully saturated rings. The number of hydrogen-bond donors (Lipinski definition) is 21. The van der Waals surface area contributed by atoms with E-state index in [1.165, 1.54) is 131 Å². The molecule has 0 bridgehead atoms. The molecule has 1 aromatic carbocycles. The lowest BCUT2D eigenvalue weighted by atomic mass is 9.84. The predicted octanol–water partition coefficient (Wildman–Crippen LogP) is 3.74. The number of carbonyl (C=O) groups excluding carboxylic acids is 18. The zero-order chi connectivity index (χ0) is 108. The van der Waals surface area contributed by atoms with E-state index >= 15 is 0 Å². The average Bonchev–Trinajstić information content (AvgIpc) is 0.831. The third kappa shape index (κ3) is 56.0. The Balaban J connectivity index is 0.00000307.